The number of amides is 2. The lowest BCUT2D eigenvalue weighted by Gasteiger charge is -2.14. The molecule has 2 aromatic carbocycles. The zero-order valence-electron chi connectivity index (χ0n) is 16.1. The molecule has 1 fully saturated rings. The van der Waals surface area contributed by atoms with Gasteiger partial charge < -0.3 is 21.3 Å². The summed E-state index contributed by atoms with van der Waals surface area (Å²) >= 11 is 0. The van der Waals surface area contributed by atoms with Gasteiger partial charge in [0.25, 0.3) is 5.91 Å². The highest BCUT2D eigenvalue weighted by atomic mass is 16.2. The molecule has 0 radical (unpaired) electrons. The van der Waals surface area contributed by atoms with Crippen molar-refractivity contribution in [2.24, 2.45) is 0 Å². The van der Waals surface area contributed by atoms with Crippen LogP contribution in [0.1, 0.15) is 35.2 Å². The van der Waals surface area contributed by atoms with Crippen LogP contribution in [0.4, 0.5) is 11.4 Å². The molecule has 1 aliphatic rings. The van der Waals surface area contributed by atoms with Crippen LogP contribution < -0.4 is 16.4 Å². The fourth-order valence-corrected chi connectivity index (χ4v) is 3.37. The van der Waals surface area contributed by atoms with Crippen LogP contribution in [0.15, 0.2) is 48.5 Å². The molecule has 0 bridgehead atoms. The Balaban J connectivity index is 1.42. The number of likely N-dealkylation sites (tertiary alicyclic amines) is 1. The van der Waals surface area contributed by atoms with Crippen molar-refractivity contribution in [3.63, 3.8) is 0 Å². The van der Waals surface area contributed by atoms with Gasteiger partial charge in [0.2, 0.25) is 5.91 Å². The molecular weight excluding hydrogens is 352 g/mol. The monoisotopic (exact) mass is 380 g/mol. The summed E-state index contributed by atoms with van der Waals surface area (Å²) in [6, 6.07) is 14.5. The summed E-state index contributed by atoms with van der Waals surface area (Å²) in [5.74, 6) is -0.164. The molecule has 1 heterocycles. The lowest BCUT2D eigenvalue weighted by atomic mass is 10.1. The van der Waals surface area contributed by atoms with E-state index >= 15 is 0 Å². The number of carbonyl (C=O) groups excluding carboxylic acids is 2. The van der Waals surface area contributed by atoms with Gasteiger partial charge in [0, 0.05) is 36.4 Å². The second-order valence-electron chi connectivity index (χ2n) is 7.13. The maximum atomic E-state index is 12.2. The number of para-hydroxylation sites is 1. The van der Waals surface area contributed by atoms with E-state index in [1.165, 1.54) is 12.8 Å². The standard InChI is InChI=1S/C22H28N4O2/c23-20-6-2-1-5-17(20)9-12-21(27)25-19-10-7-18(8-11-19)22(28)24-13-16-26-14-3-4-15-26/h1-2,5-8,10-11H,3-4,9,12-16,23H2,(H,24,28)(H,25,27). The normalized spacial score (nSPS) is 14.0. The molecule has 3 rings (SSSR count). The van der Waals surface area contributed by atoms with Crippen LogP contribution in [-0.4, -0.2) is 42.9 Å². The Labute approximate surface area is 166 Å². The smallest absolute Gasteiger partial charge is 0.251 e. The molecular formula is C22H28N4O2. The van der Waals surface area contributed by atoms with Gasteiger partial charge in [0.05, 0.1) is 0 Å². The summed E-state index contributed by atoms with van der Waals surface area (Å²) < 4.78 is 0. The molecule has 148 valence electrons. The molecule has 4 N–H and O–H groups in total. The van der Waals surface area contributed by atoms with E-state index in [4.69, 9.17) is 5.73 Å². The second kappa shape index (κ2) is 9.90. The van der Waals surface area contributed by atoms with E-state index in [0.29, 0.717) is 36.3 Å². The van der Waals surface area contributed by atoms with Crippen LogP contribution in [0.25, 0.3) is 0 Å². The van der Waals surface area contributed by atoms with E-state index in [9.17, 15) is 9.59 Å². The SMILES string of the molecule is Nc1ccccc1CCC(=O)Nc1ccc(C(=O)NCCN2CCCC2)cc1. The van der Waals surface area contributed by atoms with Crippen molar-refractivity contribution in [2.75, 3.05) is 37.2 Å². The lowest BCUT2D eigenvalue weighted by Crippen LogP contribution is -2.33. The molecule has 0 unspecified atom stereocenters. The zero-order chi connectivity index (χ0) is 19.8. The van der Waals surface area contributed by atoms with Gasteiger partial charge in [0.1, 0.15) is 0 Å². The van der Waals surface area contributed by atoms with Crippen molar-refractivity contribution in [2.45, 2.75) is 25.7 Å². The highest BCUT2D eigenvalue weighted by Crippen LogP contribution is 2.14. The van der Waals surface area contributed by atoms with Crippen molar-refractivity contribution in [3.8, 4) is 0 Å². The van der Waals surface area contributed by atoms with Crippen molar-refractivity contribution < 1.29 is 9.59 Å². The van der Waals surface area contributed by atoms with Gasteiger partial charge in [-0.05, 0) is 68.2 Å². The number of aryl methyl sites for hydroxylation is 1. The molecule has 0 atom stereocenters. The largest absolute Gasteiger partial charge is 0.399 e. The number of rotatable bonds is 8. The molecule has 0 aliphatic carbocycles. The number of carbonyl (C=O) groups is 2. The Morgan fingerprint density at radius 1 is 1.00 bits per heavy atom. The van der Waals surface area contributed by atoms with E-state index in [1.807, 2.05) is 24.3 Å². The Morgan fingerprint density at radius 3 is 2.43 bits per heavy atom. The predicted molar refractivity (Wildman–Crippen MR) is 112 cm³/mol. The quantitative estimate of drug-likeness (QED) is 0.615. The molecule has 28 heavy (non-hydrogen) atoms. The Hall–Kier alpha value is -2.86. The third-order valence-electron chi connectivity index (χ3n) is 5.02. The number of nitrogens with two attached hydrogens (primary N) is 1. The first-order valence-electron chi connectivity index (χ1n) is 9.85. The van der Waals surface area contributed by atoms with Gasteiger partial charge in [-0.3, -0.25) is 9.59 Å². The Kier molecular flexibility index (Phi) is 7.03. The summed E-state index contributed by atoms with van der Waals surface area (Å²) in [5.41, 5.74) is 8.85. The lowest BCUT2D eigenvalue weighted by molar-refractivity contribution is -0.116. The second-order valence-corrected chi connectivity index (χ2v) is 7.13. The zero-order valence-corrected chi connectivity index (χ0v) is 16.1. The fourth-order valence-electron chi connectivity index (χ4n) is 3.37. The van der Waals surface area contributed by atoms with Gasteiger partial charge >= 0.3 is 0 Å². The molecule has 2 aromatic rings. The molecule has 1 saturated heterocycles. The summed E-state index contributed by atoms with van der Waals surface area (Å²) in [6.45, 7) is 3.80. The third kappa shape index (κ3) is 5.82. The van der Waals surface area contributed by atoms with Crippen LogP contribution in [0.5, 0.6) is 0 Å². The maximum absolute atomic E-state index is 12.2. The number of anilines is 2. The topological polar surface area (TPSA) is 87.5 Å². The first kappa shape index (κ1) is 19.9. The highest BCUT2D eigenvalue weighted by Gasteiger charge is 2.12. The first-order chi connectivity index (χ1) is 13.6. The van der Waals surface area contributed by atoms with Gasteiger partial charge in [0.15, 0.2) is 0 Å². The minimum absolute atomic E-state index is 0.0777. The van der Waals surface area contributed by atoms with Gasteiger partial charge in [-0.2, -0.15) is 0 Å². The Morgan fingerprint density at radius 2 is 1.71 bits per heavy atom. The number of nitrogens with one attached hydrogen (secondary N) is 2. The number of benzene rings is 2. The van der Waals surface area contributed by atoms with E-state index in [2.05, 4.69) is 15.5 Å². The van der Waals surface area contributed by atoms with E-state index in [1.54, 1.807) is 24.3 Å². The van der Waals surface area contributed by atoms with E-state index in [-0.39, 0.29) is 11.8 Å². The van der Waals surface area contributed by atoms with Gasteiger partial charge in [-0.25, -0.2) is 0 Å². The number of hydrogen-bond acceptors (Lipinski definition) is 4. The Bertz CT molecular complexity index is 798. The molecule has 0 aromatic heterocycles. The number of nitrogens with zero attached hydrogens (tertiary/aromatic N) is 1. The van der Waals surface area contributed by atoms with Gasteiger partial charge in [-0.15, -0.1) is 0 Å². The van der Waals surface area contributed by atoms with E-state index in [0.717, 1.165) is 25.2 Å². The first-order valence-corrected chi connectivity index (χ1v) is 9.85. The molecule has 6 nitrogen and oxygen atoms in total. The molecule has 6 heteroatoms. The fraction of sp³-hybridized carbons (Fsp3) is 0.364. The minimum atomic E-state index is -0.0865. The third-order valence-corrected chi connectivity index (χ3v) is 5.02. The van der Waals surface area contributed by atoms with Gasteiger partial charge in [-0.1, -0.05) is 18.2 Å². The van der Waals surface area contributed by atoms with Crippen molar-refractivity contribution in [1.82, 2.24) is 10.2 Å². The number of nitrogen functional groups attached to an aromatic ring is 1. The minimum Gasteiger partial charge on any atom is -0.399 e. The van der Waals surface area contributed by atoms with Crippen LogP contribution in [0.3, 0.4) is 0 Å². The molecule has 0 spiro atoms. The van der Waals surface area contributed by atoms with Crippen molar-refractivity contribution in [1.29, 1.82) is 0 Å². The van der Waals surface area contributed by atoms with Crippen LogP contribution in [0, 0.1) is 0 Å². The van der Waals surface area contributed by atoms with E-state index < -0.39 is 0 Å². The molecule has 1 aliphatic heterocycles. The average Bonchev–Trinajstić information content (AvgIpc) is 3.21. The summed E-state index contributed by atoms with van der Waals surface area (Å²) in [5, 5.41) is 5.81. The number of hydrogen-bond donors (Lipinski definition) is 3. The molecule has 0 saturated carbocycles. The van der Waals surface area contributed by atoms with Crippen LogP contribution in [0.2, 0.25) is 0 Å². The van der Waals surface area contributed by atoms with Crippen LogP contribution in [-0.2, 0) is 11.2 Å². The summed E-state index contributed by atoms with van der Waals surface area (Å²) in [4.78, 5) is 26.7. The van der Waals surface area contributed by atoms with Crippen molar-refractivity contribution >= 4 is 23.2 Å². The summed E-state index contributed by atoms with van der Waals surface area (Å²) in [7, 11) is 0. The summed E-state index contributed by atoms with van der Waals surface area (Å²) in [6.07, 6.45) is 3.45. The predicted octanol–water partition coefficient (Wildman–Crippen LogP) is 2.67. The van der Waals surface area contributed by atoms with Crippen LogP contribution >= 0.6 is 0 Å². The van der Waals surface area contributed by atoms with Crippen molar-refractivity contribution in [3.05, 3.63) is 59.7 Å². The molecule has 2 amide bonds. The highest BCUT2D eigenvalue weighted by molar-refractivity contribution is 5.95. The average molecular weight is 380 g/mol. The maximum Gasteiger partial charge on any atom is 0.251 e.